The molecule has 18 heteroatoms. The molecule has 0 radical (unpaired) electrons. The second kappa shape index (κ2) is 28.8. The molecule has 3 aliphatic rings. The van der Waals surface area contributed by atoms with Crippen molar-refractivity contribution in [2.75, 3.05) is 6.61 Å². The van der Waals surface area contributed by atoms with Crippen LogP contribution in [-0.2, 0) is 28.5 Å². The van der Waals surface area contributed by atoms with E-state index in [1.807, 2.05) is 37.3 Å². The summed E-state index contributed by atoms with van der Waals surface area (Å²) in [6, 6.07) is -1.43. The predicted octanol–water partition coefficient (Wildman–Crippen LogP) is 0.517. The molecule has 0 spiro atoms. The number of esters is 1. The van der Waals surface area contributed by atoms with Crippen molar-refractivity contribution in [1.29, 1.82) is 0 Å². The van der Waals surface area contributed by atoms with Crippen LogP contribution in [0.15, 0.2) is 85.1 Å². The van der Waals surface area contributed by atoms with E-state index in [2.05, 4.69) is 5.32 Å². The van der Waals surface area contributed by atoms with E-state index in [4.69, 9.17) is 24.7 Å². The first kappa shape index (κ1) is 56.9. The minimum absolute atomic E-state index is 0.0860. The Morgan fingerprint density at radius 3 is 1.91 bits per heavy atom. The van der Waals surface area contributed by atoms with Gasteiger partial charge in [-0.3, -0.25) is 9.59 Å². The number of fused-ring (bicyclic) bond motifs is 2. The quantitative estimate of drug-likeness (QED) is 0.171. The minimum Gasteiger partial charge on any atom is -0.462 e. The molecule has 0 aromatic carbocycles. The lowest BCUT2D eigenvalue weighted by molar-refractivity contribution is -0.304. The molecule has 3 aliphatic heterocycles. The molecule has 17 atom stereocenters. The van der Waals surface area contributed by atoms with Gasteiger partial charge < -0.3 is 81.1 Å². The van der Waals surface area contributed by atoms with Gasteiger partial charge in [-0.05, 0) is 40.0 Å². The number of nitrogens with two attached hydrogens (primary N) is 1. The maximum absolute atomic E-state index is 13.6. The number of nitrogens with one attached hydrogen (secondary N) is 1. The molecule has 2 fully saturated rings. The van der Waals surface area contributed by atoms with Crippen LogP contribution in [0.2, 0.25) is 0 Å². The average molecular weight is 937 g/mol. The number of aliphatic hydroxyl groups is 10. The van der Waals surface area contributed by atoms with Gasteiger partial charge in [-0.25, -0.2) is 0 Å². The Morgan fingerprint density at radius 1 is 0.712 bits per heavy atom. The van der Waals surface area contributed by atoms with Crippen molar-refractivity contribution in [1.82, 2.24) is 5.32 Å². The van der Waals surface area contributed by atoms with Gasteiger partial charge >= 0.3 is 5.97 Å². The highest BCUT2D eigenvalue weighted by Crippen LogP contribution is 2.38. The highest BCUT2D eigenvalue weighted by atomic mass is 16.7. The lowest BCUT2D eigenvalue weighted by Crippen LogP contribution is -2.60. The van der Waals surface area contributed by atoms with Crippen molar-refractivity contribution >= 4 is 11.9 Å². The molecule has 2 saturated heterocycles. The summed E-state index contributed by atoms with van der Waals surface area (Å²) in [5.41, 5.74) is 5.99. The van der Waals surface area contributed by atoms with E-state index >= 15 is 0 Å². The Labute approximate surface area is 388 Å². The van der Waals surface area contributed by atoms with Crippen LogP contribution in [0.25, 0.3) is 0 Å². The number of allylic oxidation sites excluding steroid dienone is 12. The summed E-state index contributed by atoms with van der Waals surface area (Å²) >= 11 is 0. The summed E-state index contributed by atoms with van der Waals surface area (Å²) in [5, 5.41) is 111. The van der Waals surface area contributed by atoms with Crippen molar-refractivity contribution in [3.63, 3.8) is 0 Å². The van der Waals surface area contributed by atoms with Crippen molar-refractivity contribution in [2.45, 2.75) is 183 Å². The van der Waals surface area contributed by atoms with E-state index in [0.717, 1.165) is 0 Å². The van der Waals surface area contributed by atoms with Crippen LogP contribution in [0, 0.1) is 11.8 Å². The fraction of sp³-hybridized carbons (Fsp3) is 0.667. The average Bonchev–Trinajstić information content (AvgIpc) is 3.21. The van der Waals surface area contributed by atoms with Gasteiger partial charge in [-0.1, -0.05) is 92.0 Å². The van der Waals surface area contributed by atoms with Gasteiger partial charge in [0.2, 0.25) is 5.91 Å². The molecule has 3 heterocycles. The Hall–Kier alpha value is -3.44. The van der Waals surface area contributed by atoms with Crippen molar-refractivity contribution in [3.05, 3.63) is 85.1 Å². The zero-order chi connectivity index (χ0) is 49.0. The molecular weight excluding hydrogens is 861 g/mol. The Morgan fingerprint density at radius 2 is 1.30 bits per heavy atom. The first-order valence-corrected chi connectivity index (χ1v) is 22.9. The lowest BCUT2D eigenvalue weighted by Gasteiger charge is -2.46. The smallest absolute Gasteiger partial charge is 0.308 e. The highest BCUT2D eigenvalue weighted by molar-refractivity contribution is 5.80. The molecular formula is C48H76N2O16. The van der Waals surface area contributed by atoms with E-state index < -0.39 is 135 Å². The summed E-state index contributed by atoms with van der Waals surface area (Å²) in [5.74, 6) is -5.04. The second-order valence-corrected chi connectivity index (χ2v) is 18.0. The first-order chi connectivity index (χ1) is 31.2. The minimum atomic E-state index is -2.25. The van der Waals surface area contributed by atoms with E-state index in [-0.39, 0.29) is 50.7 Å². The Kier molecular flexibility index (Phi) is 24.8. The fourth-order valence-corrected chi connectivity index (χ4v) is 7.89. The molecule has 3 rings (SSSR count). The number of amides is 1. The molecule has 1 amide bonds. The molecule has 0 aromatic heterocycles. The van der Waals surface area contributed by atoms with Gasteiger partial charge in [0.25, 0.3) is 0 Å². The maximum Gasteiger partial charge on any atom is 0.308 e. The topological polar surface area (TPSA) is 311 Å². The van der Waals surface area contributed by atoms with E-state index in [0.29, 0.717) is 0 Å². The molecule has 8 unspecified atom stereocenters. The maximum atomic E-state index is 13.6. The van der Waals surface area contributed by atoms with E-state index in [1.54, 1.807) is 75.5 Å². The predicted molar refractivity (Wildman–Crippen MR) is 243 cm³/mol. The zero-order valence-electron chi connectivity index (χ0n) is 38.5. The van der Waals surface area contributed by atoms with Gasteiger partial charge in [-0.2, -0.15) is 0 Å². The van der Waals surface area contributed by atoms with Crippen LogP contribution in [-0.4, -0.2) is 167 Å². The molecule has 66 heavy (non-hydrogen) atoms. The molecule has 0 saturated carbocycles. The van der Waals surface area contributed by atoms with Crippen molar-refractivity contribution in [3.8, 4) is 0 Å². The molecule has 18 nitrogen and oxygen atoms in total. The van der Waals surface area contributed by atoms with Gasteiger partial charge in [-0.15, -0.1) is 0 Å². The first-order valence-electron chi connectivity index (χ1n) is 22.9. The molecule has 0 aromatic rings. The number of hydrogen-bond donors (Lipinski definition) is 12. The van der Waals surface area contributed by atoms with Crippen LogP contribution < -0.4 is 11.1 Å². The third kappa shape index (κ3) is 20.4. The van der Waals surface area contributed by atoms with Crippen molar-refractivity contribution in [2.24, 2.45) is 17.6 Å². The van der Waals surface area contributed by atoms with E-state index in [9.17, 15) is 60.7 Å². The largest absolute Gasteiger partial charge is 0.462 e. The van der Waals surface area contributed by atoms with Gasteiger partial charge in [0.1, 0.15) is 12.2 Å². The summed E-state index contributed by atoms with van der Waals surface area (Å²) in [6.07, 6.45) is 6.13. The van der Waals surface area contributed by atoms with Crippen LogP contribution in [0.1, 0.15) is 85.5 Å². The molecule has 0 aliphatic carbocycles. The van der Waals surface area contributed by atoms with Crippen LogP contribution in [0.4, 0.5) is 0 Å². The van der Waals surface area contributed by atoms with E-state index in [1.165, 1.54) is 0 Å². The number of aliphatic hydroxyl groups excluding tert-OH is 9. The number of carbonyl (C=O) groups is 2. The standard InChI is InChI=1S/C48H76N2O16/c1-29(2)50-46(61)43-39(57)27-48(62)26-34(53)23-38(56)36(54)20-19-32(51)22-33(52)24-42(59)64-31(4)21-37(55)30(3)17-15-13-11-9-7-5-6-8-10-12-14-16-18-35(25-41(43)66-48)65-47-45(60)44(49)40(58)28-63-47/h5-18,29-41,43-45,47,51-58,60,62H,19-28,49H2,1-4H3,(H,50,61)/b6-5+,9-7+,10-8+,13-11+,14-12+,17-15+,18-16+/t30-,31-,32?,33?,34?,35?,36?,37-,38?,39-,40+,41-,43?,44-,45-,47-,48?/m0/s1. The fourth-order valence-electron chi connectivity index (χ4n) is 7.89. The van der Waals surface area contributed by atoms with Gasteiger partial charge in [0.05, 0.1) is 86.0 Å². The Bertz CT molecular complexity index is 1670. The second-order valence-electron chi connectivity index (χ2n) is 18.0. The monoisotopic (exact) mass is 937 g/mol. The van der Waals surface area contributed by atoms with Gasteiger partial charge in [0, 0.05) is 44.1 Å². The molecule has 374 valence electrons. The summed E-state index contributed by atoms with van der Waals surface area (Å²) in [7, 11) is 0. The zero-order valence-corrected chi connectivity index (χ0v) is 38.5. The van der Waals surface area contributed by atoms with Gasteiger partial charge in [0.15, 0.2) is 12.1 Å². The Balaban J connectivity index is 1.88. The summed E-state index contributed by atoms with van der Waals surface area (Å²) < 4.78 is 23.2. The molecule has 13 N–H and O–H groups in total. The SMILES string of the molecule is CC(C)NC(=O)C1[C@@H]2CC(O[C@@H]3OC[C@@H](O)[C@H](N)[C@@H]3O)/C=C/C=C/C=C/C=C/C=C/C=C/C=C/[C@H](C)[C@@H](O)C[C@H](C)OC(=O)CC(O)CC(O)CCC(O)C(O)CC(O)CC(O)(C[C@@H]1O)O2. The number of rotatable bonds is 4. The number of hydrogen-bond acceptors (Lipinski definition) is 17. The third-order valence-corrected chi connectivity index (χ3v) is 11.5. The highest BCUT2D eigenvalue weighted by Gasteiger charge is 2.50. The lowest BCUT2D eigenvalue weighted by atomic mass is 9.82. The normalized spacial score (nSPS) is 42.8. The summed E-state index contributed by atoms with van der Waals surface area (Å²) in [6.45, 7) is 6.68. The summed E-state index contributed by atoms with van der Waals surface area (Å²) in [4.78, 5) is 26.1. The van der Waals surface area contributed by atoms with Crippen LogP contribution in [0.3, 0.4) is 0 Å². The molecule has 2 bridgehead atoms. The van der Waals surface area contributed by atoms with Crippen molar-refractivity contribution < 1.29 is 79.6 Å². The third-order valence-electron chi connectivity index (χ3n) is 11.5. The number of carbonyl (C=O) groups excluding carboxylic acids is 2. The number of ether oxygens (including phenoxy) is 4. The van der Waals surface area contributed by atoms with Crippen LogP contribution in [0.5, 0.6) is 0 Å². The number of cyclic esters (lactones) is 1. The van der Waals surface area contributed by atoms with Crippen LogP contribution >= 0.6 is 0 Å².